The minimum absolute atomic E-state index is 0.0473. The number of hydrogen-bond donors (Lipinski definition) is 3. The van der Waals surface area contributed by atoms with Gasteiger partial charge < -0.3 is 15.5 Å². The summed E-state index contributed by atoms with van der Waals surface area (Å²) in [6.45, 7) is 5.72. The first-order chi connectivity index (χ1) is 12.8. The molecule has 0 amide bonds. The first-order valence-electron chi connectivity index (χ1n) is 8.23. The lowest BCUT2D eigenvalue weighted by Gasteiger charge is -2.25. The molecule has 1 aromatic carbocycles. The van der Waals surface area contributed by atoms with Crippen molar-refractivity contribution in [1.29, 1.82) is 0 Å². The zero-order chi connectivity index (χ0) is 19.7. The predicted molar refractivity (Wildman–Crippen MR) is 109 cm³/mol. The quantitative estimate of drug-likeness (QED) is 0.711. The number of guanidine groups is 1. The number of H-pyrrole nitrogens is 1. The fraction of sp³-hybridized carbons (Fsp3) is 0.222. The summed E-state index contributed by atoms with van der Waals surface area (Å²) >= 11 is 12.8. The van der Waals surface area contributed by atoms with Crippen LogP contribution in [0.4, 0.5) is 5.69 Å². The highest BCUT2D eigenvalue weighted by atomic mass is 35.5. The minimum atomic E-state index is -0.138. The van der Waals surface area contributed by atoms with E-state index in [1.165, 1.54) is 17.4 Å². The number of nitrogens with zero attached hydrogens (tertiary/aromatic N) is 2. The van der Waals surface area contributed by atoms with Crippen molar-refractivity contribution in [3.63, 3.8) is 0 Å². The van der Waals surface area contributed by atoms with Crippen molar-refractivity contribution in [2.45, 2.75) is 26.7 Å². The van der Waals surface area contributed by atoms with Gasteiger partial charge in [-0.25, -0.2) is 10.0 Å². The summed E-state index contributed by atoms with van der Waals surface area (Å²) in [6.07, 6.45) is 4.67. The number of halogens is 2. The van der Waals surface area contributed by atoms with Gasteiger partial charge in [-0.1, -0.05) is 37.0 Å². The lowest BCUT2D eigenvalue weighted by atomic mass is 10.00. The Morgan fingerprint density at radius 2 is 1.93 bits per heavy atom. The SMILES string of the molecule is Cc1c(Oc2c(Cl)cc(N3NC=CN=C3N)cc2Cl)c[nH]c(=O)c1C(C)C. The summed E-state index contributed by atoms with van der Waals surface area (Å²) in [5.41, 5.74) is 10.7. The molecule has 1 aliphatic heterocycles. The van der Waals surface area contributed by atoms with E-state index in [0.29, 0.717) is 27.0 Å². The monoisotopic (exact) mass is 407 g/mol. The third kappa shape index (κ3) is 3.74. The molecule has 0 aliphatic carbocycles. The van der Waals surface area contributed by atoms with Crippen LogP contribution in [0.5, 0.6) is 11.5 Å². The maximum atomic E-state index is 12.1. The van der Waals surface area contributed by atoms with E-state index in [4.69, 9.17) is 33.7 Å². The van der Waals surface area contributed by atoms with Gasteiger partial charge in [-0.05, 0) is 25.0 Å². The Morgan fingerprint density at radius 3 is 2.52 bits per heavy atom. The number of hydrazine groups is 1. The molecule has 0 saturated heterocycles. The molecule has 2 heterocycles. The highest BCUT2D eigenvalue weighted by molar-refractivity contribution is 6.37. The molecule has 0 saturated carbocycles. The van der Waals surface area contributed by atoms with E-state index in [2.05, 4.69) is 15.4 Å². The van der Waals surface area contributed by atoms with Gasteiger partial charge in [-0.2, -0.15) is 0 Å². The maximum Gasteiger partial charge on any atom is 0.251 e. The Balaban J connectivity index is 1.98. The number of benzene rings is 1. The Labute approximate surface area is 166 Å². The molecule has 0 fully saturated rings. The first kappa shape index (κ1) is 19.1. The van der Waals surface area contributed by atoms with Crippen molar-refractivity contribution in [2.75, 3.05) is 5.01 Å². The van der Waals surface area contributed by atoms with E-state index in [-0.39, 0.29) is 23.2 Å². The minimum Gasteiger partial charge on any atom is -0.452 e. The molecule has 0 unspecified atom stereocenters. The van der Waals surface area contributed by atoms with Crippen molar-refractivity contribution in [3.8, 4) is 11.5 Å². The van der Waals surface area contributed by atoms with Crippen LogP contribution >= 0.6 is 23.2 Å². The fourth-order valence-electron chi connectivity index (χ4n) is 2.86. The molecular weight excluding hydrogens is 389 g/mol. The van der Waals surface area contributed by atoms with Crippen LogP contribution in [0.1, 0.15) is 30.9 Å². The van der Waals surface area contributed by atoms with Gasteiger partial charge in [-0.15, -0.1) is 0 Å². The van der Waals surface area contributed by atoms with Crippen LogP contribution < -0.4 is 26.5 Å². The Hall–Kier alpha value is -2.64. The lowest BCUT2D eigenvalue weighted by Crippen LogP contribution is -2.46. The smallest absolute Gasteiger partial charge is 0.251 e. The third-order valence-corrected chi connectivity index (χ3v) is 4.66. The number of nitrogens with two attached hydrogens (primary N) is 1. The number of rotatable bonds is 4. The molecule has 0 bridgehead atoms. The fourth-order valence-corrected chi connectivity index (χ4v) is 3.41. The maximum absolute atomic E-state index is 12.1. The number of anilines is 1. The number of pyridine rings is 1. The molecule has 3 rings (SSSR count). The van der Waals surface area contributed by atoms with Gasteiger partial charge in [0.15, 0.2) is 5.75 Å². The number of hydrogen-bond acceptors (Lipinski definition) is 6. The standard InChI is InChI=1S/C18H19Cl2N5O2/c1-9(2)15-10(3)14(8-23-17(15)26)27-16-12(19)6-11(7-13(16)20)25-18(21)22-4-5-24-25/h4-9,24H,1-3H3,(H2,21,22)(H,23,26). The highest BCUT2D eigenvalue weighted by Gasteiger charge is 2.19. The topological polar surface area (TPSA) is 95.7 Å². The Morgan fingerprint density at radius 1 is 1.26 bits per heavy atom. The molecular formula is C18H19Cl2N5O2. The average molecular weight is 408 g/mol. The molecule has 0 spiro atoms. The van der Waals surface area contributed by atoms with E-state index < -0.39 is 0 Å². The lowest BCUT2D eigenvalue weighted by molar-refractivity contribution is 0.474. The average Bonchev–Trinajstić information content (AvgIpc) is 2.59. The largest absolute Gasteiger partial charge is 0.452 e. The second-order valence-corrected chi connectivity index (χ2v) is 7.10. The number of aliphatic imine (C=N–C) groups is 1. The van der Waals surface area contributed by atoms with Crippen LogP contribution in [-0.2, 0) is 0 Å². The van der Waals surface area contributed by atoms with Crippen molar-refractivity contribution in [1.82, 2.24) is 10.4 Å². The van der Waals surface area contributed by atoms with Crippen molar-refractivity contribution < 1.29 is 4.74 Å². The highest BCUT2D eigenvalue weighted by Crippen LogP contribution is 2.40. The van der Waals surface area contributed by atoms with Crippen LogP contribution in [0.2, 0.25) is 10.0 Å². The summed E-state index contributed by atoms with van der Waals surface area (Å²) in [5.74, 6) is 1.06. The van der Waals surface area contributed by atoms with Crippen molar-refractivity contribution in [3.05, 3.63) is 62.3 Å². The number of aromatic nitrogens is 1. The molecule has 0 atom stereocenters. The second-order valence-electron chi connectivity index (χ2n) is 6.28. The molecule has 27 heavy (non-hydrogen) atoms. The normalized spacial score (nSPS) is 13.6. The Bertz CT molecular complexity index is 975. The van der Waals surface area contributed by atoms with E-state index in [1.807, 2.05) is 20.8 Å². The predicted octanol–water partition coefficient (Wildman–Crippen LogP) is 4.02. The van der Waals surface area contributed by atoms with Crippen LogP contribution in [0.25, 0.3) is 0 Å². The molecule has 0 radical (unpaired) electrons. The first-order valence-corrected chi connectivity index (χ1v) is 8.99. The molecule has 142 valence electrons. The van der Waals surface area contributed by atoms with Crippen LogP contribution in [0, 0.1) is 6.92 Å². The summed E-state index contributed by atoms with van der Waals surface area (Å²) in [6, 6.07) is 3.31. The van der Waals surface area contributed by atoms with Gasteiger partial charge in [0.05, 0.1) is 15.7 Å². The zero-order valence-electron chi connectivity index (χ0n) is 15.0. The van der Waals surface area contributed by atoms with Gasteiger partial charge in [-0.3, -0.25) is 10.2 Å². The van der Waals surface area contributed by atoms with Crippen molar-refractivity contribution in [2.24, 2.45) is 10.7 Å². The number of nitrogens with one attached hydrogen (secondary N) is 2. The van der Waals surface area contributed by atoms with Crippen molar-refractivity contribution >= 4 is 34.8 Å². The Kier molecular flexibility index (Phi) is 5.34. The summed E-state index contributed by atoms with van der Waals surface area (Å²) < 4.78 is 5.94. The molecule has 4 N–H and O–H groups in total. The van der Waals surface area contributed by atoms with Crippen LogP contribution in [0.15, 0.2) is 40.5 Å². The van der Waals surface area contributed by atoms with E-state index >= 15 is 0 Å². The van der Waals surface area contributed by atoms with Gasteiger partial charge in [0.25, 0.3) is 5.56 Å². The van der Waals surface area contributed by atoms with Gasteiger partial charge in [0.2, 0.25) is 5.96 Å². The summed E-state index contributed by atoms with van der Waals surface area (Å²) in [5, 5.41) is 2.11. The van der Waals surface area contributed by atoms with Crippen LogP contribution in [0.3, 0.4) is 0 Å². The summed E-state index contributed by atoms with van der Waals surface area (Å²) in [4.78, 5) is 18.8. The third-order valence-electron chi connectivity index (χ3n) is 4.10. The van der Waals surface area contributed by atoms with Crippen LogP contribution in [-0.4, -0.2) is 10.9 Å². The zero-order valence-corrected chi connectivity index (χ0v) is 16.5. The molecule has 9 heteroatoms. The van der Waals surface area contributed by atoms with Gasteiger partial charge in [0.1, 0.15) is 5.75 Å². The number of aromatic amines is 1. The molecule has 1 aliphatic rings. The number of ether oxygens (including phenoxy) is 1. The van der Waals surface area contributed by atoms with E-state index in [1.54, 1.807) is 18.3 Å². The van der Waals surface area contributed by atoms with Gasteiger partial charge in [0, 0.05) is 29.7 Å². The molecule has 1 aromatic heterocycles. The van der Waals surface area contributed by atoms with Gasteiger partial charge >= 0.3 is 0 Å². The molecule has 7 nitrogen and oxygen atoms in total. The van der Waals surface area contributed by atoms with E-state index in [9.17, 15) is 4.79 Å². The second kappa shape index (κ2) is 7.54. The summed E-state index contributed by atoms with van der Waals surface area (Å²) in [7, 11) is 0. The molecule has 2 aromatic rings. The van der Waals surface area contributed by atoms with E-state index in [0.717, 1.165) is 5.56 Å².